The molecule has 0 atom stereocenters. The molecule has 3 nitrogen and oxygen atoms in total. The Labute approximate surface area is 87.5 Å². The maximum atomic E-state index is 5.03. The highest BCUT2D eigenvalue weighted by Gasteiger charge is 2.08. The lowest BCUT2D eigenvalue weighted by molar-refractivity contribution is 0.176. The van der Waals surface area contributed by atoms with Crippen LogP contribution in [0.4, 0.5) is 0 Å². The Morgan fingerprint density at radius 2 is 2.00 bits per heavy atom. The summed E-state index contributed by atoms with van der Waals surface area (Å²) in [5, 5.41) is 0.985. The molecular weight excluding hydrogens is 206 g/mol. The number of thiol groups is 1. The summed E-state index contributed by atoms with van der Waals surface area (Å²) in [7, 11) is 3.33. The summed E-state index contributed by atoms with van der Waals surface area (Å²) < 4.78 is 10.0. The van der Waals surface area contributed by atoms with Crippen LogP contribution >= 0.6 is 24.0 Å². The van der Waals surface area contributed by atoms with Gasteiger partial charge < -0.3 is 9.47 Å². The van der Waals surface area contributed by atoms with Gasteiger partial charge in [0.05, 0.1) is 18.9 Å². The number of hydrogen-bond donors (Lipinski definition) is 1. The Morgan fingerprint density at radius 1 is 1.31 bits per heavy atom. The SMILES string of the molecule is COCc1nc(COC)c(CS)s1. The van der Waals surface area contributed by atoms with Crippen LogP contribution in [0.25, 0.3) is 0 Å². The molecule has 0 fully saturated rings. The van der Waals surface area contributed by atoms with Gasteiger partial charge in [-0.25, -0.2) is 4.98 Å². The third-order valence-electron chi connectivity index (χ3n) is 1.52. The van der Waals surface area contributed by atoms with Crippen LogP contribution in [-0.2, 0) is 28.4 Å². The summed E-state index contributed by atoms with van der Waals surface area (Å²) in [6.07, 6.45) is 0. The lowest BCUT2D eigenvalue weighted by atomic mass is 10.4. The number of aromatic nitrogens is 1. The van der Waals surface area contributed by atoms with Crippen molar-refractivity contribution in [2.45, 2.75) is 19.0 Å². The molecule has 0 unspecified atom stereocenters. The van der Waals surface area contributed by atoms with Crippen molar-refractivity contribution in [3.05, 3.63) is 15.6 Å². The molecule has 0 N–H and O–H groups in total. The number of methoxy groups -OCH3 is 2. The molecule has 0 amide bonds. The van der Waals surface area contributed by atoms with Crippen LogP contribution in [0.1, 0.15) is 15.6 Å². The molecule has 1 aromatic rings. The van der Waals surface area contributed by atoms with E-state index in [0.717, 1.165) is 15.6 Å². The summed E-state index contributed by atoms with van der Waals surface area (Å²) in [6, 6.07) is 0. The van der Waals surface area contributed by atoms with Gasteiger partial charge in [0.15, 0.2) is 0 Å². The highest BCUT2D eigenvalue weighted by Crippen LogP contribution is 2.21. The van der Waals surface area contributed by atoms with E-state index < -0.39 is 0 Å². The second kappa shape index (κ2) is 5.59. The van der Waals surface area contributed by atoms with Crippen molar-refractivity contribution in [2.75, 3.05) is 14.2 Å². The molecule has 0 aliphatic carbocycles. The van der Waals surface area contributed by atoms with Crippen molar-refractivity contribution in [2.24, 2.45) is 0 Å². The number of ether oxygens (including phenoxy) is 2. The minimum atomic E-state index is 0.552. The average molecular weight is 219 g/mol. The lowest BCUT2D eigenvalue weighted by Gasteiger charge is -1.95. The Kier molecular flexibility index (Phi) is 4.72. The smallest absolute Gasteiger partial charge is 0.119 e. The van der Waals surface area contributed by atoms with Crippen LogP contribution < -0.4 is 0 Å². The first-order valence-electron chi connectivity index (χ1n) is 3.88. The van der Waals surface area contributed by atoms with Gasteiger partial charge in [-0.2, -0.15) is 12.6 Å². The summed E-state index contributed by atoms with van der Waals surface area (Å²) in [4.78, 5) is 5.54. The summed E-state index contributed by atoms with van der Waals surface area (Å²) in [5.41, 5.74) is 0.981. The zero-order chi connectivity index (χ0) is 9.68. The van der Waals surface area contributed by atoms with Crippen molar-refractivity contribution < 1.29 is 9.47 Å². The number of rotatable bonds is 5. The summed E-state index contributed by atoms with van der Waals surface area (Å²) >= 11 is 5.86. The van der Waals surface area contributed by atoms with E-state index in [4.69, 9.17) is 9.47 Å². The van der Waals surface area contributed by atoms with Gasteiger partial charge >= 0.3 is 0 Å². The molecule has 1 aromatic heterocycles. The lowest BCUT2D eigenvalue weighted by Crippen LogP contribution is -1.92. The Balaban J connectivity index is 2.77. The minimum absolute atomic E-state index is 0.552. The molecule has 0 spiro atoms. The quantitative estimate of drug-likeness (QED) is 0.767. The molecule has 0 bridgehead atoms. The summed E-state index contributed by atoms with van der Waals surface area (Å²) in [6.45, 7) is 1.12. The molecular formula is C8H13NO2S2. The van der Waals surface area contributed by atoms with Crippen LogP contribution in [0.15, 0.2) is 0 Å². The molecule has 0 saturated carbocycles. The molecule has 5 heteroatoms. The molecule has 0 aliphatic rings. The highest BCUT2D eigenvalue weighted by molar-refractivity contribution is 7.79. The number of hydrogen-bond acceptors (Lipinski definition) is 5. The Hall–Kier alpha value is -0.100. The van der Waals surface area contributed by atoms with Gasteiger partial charge in [0, 0.05) is 24.8 Å². The maximum absolute atomic E-state index is 5.03. The van der Waals surface area contributed by atoms with Gasteiger partial charge in [-0.1, -0.05) is 0 Å². The molecule has 0 aromatic carbocycles. The Bertz CT molecular complexity index is 263. The van der Waals surface area contributed by atoms with E-state index in [1.165, 1.54) is 0 Å². The number of nitrogens with zero attached hydrogens (tertiary/aromatic N) is 1. The fourth-order valence-corrected chi connectivity index (χ4v) is 2.28. The maximum Gasteiger partial charge on any atom is 0.119 e. The molecule has 74 valence electrons. The van der Waals surface area contributed by atoms with E-state index in [0.29, 0.717) is 19.0 Å². The average Bonchev–Trinajstić information content (AvgIpc) is 2.49. The first-order valence-corrected chi connectivity index (χ1v) is 5.33. The normalized spacial score (nSPS) is 10.7. The second-order valence-electron chi connectivity index (χ2n) is 2.50. The van der Waals surface area contributed by atoms with Crippen molar-refractivity contribution in [3.63, 3.8) is 0 Å². The second-order valence-corrected chi connectivity index (χ2v) is 3.99. The van der Waals surface area contributed by atoms with Gasteiger partial charge in [-0.3, -0.25) is 0 Å². The zero-order valence-electron chi connectivity index (χ0n) is 7.74. The molecule has 1 heterocycles. The van der Waals surface area contributed by atoms with Crippen molar-refractivity contribution in [1.82, 2.24) is 4.98 Å². The van der Waals surface area contributed by atoms with Gasteiger partial charge in [0.25, 0.3) is 0 Å². The third-order valence-corrected chi connectivity index (χ3v) is 3.12. The summed E-state index contributed by atoms with van der Waals surface area (Å²) in [5.74, 6) is 0.708. The van der Waals surface area contributed by atoms with Gasteiger partial charge in [0.1, 0.15) is 5.01 Å². The molecule has 1 rings (SSSR count). The number of thiazole rings is 1. The molecule has 0 aliphatic heterocycles. The zero-order valence-corrected chi connectivity index (χ0v) is 9.45. The van der Waals surface area contributed by atoms with Crippen molar-refractivity contribution in [1.29, 1.82) is 0 Å². The molecule has 13 heavy (non-hydrogen) atoms. The van der Waals surface area contributed by atoms with Gasteiger partial charge in [-0.15, -0.1) is 11.3 Å². The van der Waals surface area contributed by atoms with E-state index in [1.54, 1.807) is 25.6 Å². The van der Waals surface area contributed by atoms with E-state index in [9.17, 15) is 0 Å². The highest BCUT2D eigenvalue weighted by atomic mass is 32.1. The van der Waals surface area contributed by atoms with E-state index in [2.05, 4.69) is 17.6 Å². The van der Waals surface area contributed by atoms with Gasteiger partial charge in [0.2, 0.25) is 0 Å². The fourth-order valence-electron chi connectivity index (χ4n) is 0.995. The standard InChI is InChI=1S/C8H13NO2S2/c1-10-3-6-7(5-12)13-8(9-6)4-11-2/h12H,3-5H2,1-2H3. The molecule has 0 radical (unpaired) electrons. The van der Waals surface area contributed by atoms with Crippen molar-refractivity contribution in [3.8, 4) is 0 Å². The predicted molar refractivity (Wildman–Crippen MR) is 56.2 cm³/mol. The predicted octanol–water partition coefficient (Wildman–Crippen LogP) is 1.87. The van der Waals surface area contributed by atoms with E-state index >= 15 is 0 Å². The molecule has 0 saturated heterocycles. The fraction of sp³-hybridized carbons (Fsp3) is 0.625. The Morgan fingerprint density at radius 3 is 2.54 bits per heavy atom. The third kappa shape index (κ3) is 2.95. The largest absolute Gasteiger partial charge is 0.378 e. The van der Waals surface area contributed by atoms with Crippen LogP contribution in [0.3, 0.4) is 0 Å². The van der Waals surface area contributed by atoms with Crippen LogP contribution in [0.2, 0.25) is 0 Å². The first kappa shape index (κ1) is 11.0. The van der Waals surface area contributed by atoms with Crippen LogP contribution in [-0.4, -0.2) is 19.2 Å². The van der Waals surface area contributed by atoms with Crippen LogP contribution in [0, 0.1) is 0 Å². The monoisotopic (exact) mass is 219 g/mol. The van der Waals surface area contributed by atoms with Gasteiger partial charge in [-0.05, 0) is 0 Å². The van der Waals surface area contributed by atoms with E-state index in [1.807, 2.05) is 0 Å². The van der Waals surface area contributed by atoms with Crippen molar-refractivity contribution >= 4 is 24.0 Å². The topological polar surface area (TPSA) is 31.4 Å². The minimum Gasteiger partial charge on any atom is -0.378 e. The van der Waals surface area contributed by atoms with E-state index in [-0.39, 0.29) is 0 Å². The van der Waals surface area contributed by atoms with Crippen LogP contribution in [0.5, 0.6) is 0 Å². The first-order chi connectivity index (χ1) is 6.31.